The smallest absolute Gasteiger partial charge is 0.242 e. The first kappa shape index (κ1) is 25.5. The molecule has 0 aliphatic carbocycles. The summed E-state index contributed by atoms with van der Waals surface area (Å²) in [5.41, 5.74) is 1.93. The van der Waals surface area contributed by atoms with E-state index in [-0.39, 0.29) is 16.7 Å². The first-order chi connectivity index (χ1) is 16.0. The number of methoxy groups -OCH3 is 2. The molecule has 10 heteroatoms. The third-order valence-electron chi connectivity index (χ3n) is 5.58. The summed E-state index contributed by atoms with van der Waals surface area (Å²) < 4.78 is 39.4. The number of nitrogens with one attached hydrogen (secondary N) is 2. The van der Waals surface area contributed by atoms with Crippen molar-refractivity contribution in [3.8, 4) is 11.5 Å². The summed E-state index contributed by atoms with van der Waals surface area (Å²) in [4.78, 5) is 26.6. The Bertz CT molecular complexity index is 1160. The number of nitrogens with zero attached hydrogens (tertiary/aromatic N) is 1. The van der Waals surface area contributed by atoms with Gasteiger partial charge in [0, 0.05) is 43.0 Å². The Balaban J connectivity index is 1.83. The van der Waals surface area contributed by atoms with E-state index in [4.69, 9.17) is 9.47 Å². The minimum absolute atomic E-state index is 0.0567. The number of carbonyl (C=O) groups excluding carboxylic acids is 2. The lowest BCUT2D eigenvalue weighted by Gasteiger charge is -2.21. The Kier molecular flexibility index (Phi) is 7.83. The van der Waals surface area contributed by atoms with Crippen molar-refractivity contribution >= 4 is 33.2 Å². The van der Waals surface area contributed by atoms with Crippen LogP contribution in [0.4, 0.5) is 11.4 Å². The predicted molar refractivity (Wildman–Crippen MR) is 130 cm³/mol. The Morgan fingerprint density at radius 1 is 1.06 bits per heavy atom. The average Bonchev–Trinajstić information content (AvgIpc) is 3.21. The van der Waals surface area contributed by atoms with E-state index in [0.29, 0.717) is 36.6 Å². The average molecular weight is 490 g/mol. The van der Waals surface area contributed by atoms with Gasteiger partial charge >= 0.3 is 0 Å². The number of hydrogen-bond donors (Lipinski definition) is 2. The molecule has 0 radical (unpaired) electrons. The number of fused-ring (bicyclic) bond motifs is 1. The van der Waals surface area contributed by atoms with E-state index in [9.17, 15) is 18.0 Å². The number of anilines is 2. The SMILES string of the molecule is COc1cc(NC(=O)[C@@H](CC(C)C)NS(=O)(=O)c2ccc3c(c2)CCN3C(C)=O)cc(OC)c1. The standard InChI is InChI=1S/C24H31N3O6S/c1-15(2)10-22(24(29)25-18-12-19(32-4)14-20(13-18)33-5)26-34(30,31)21-6-7-23-17(11-21)8-9-27(23)16(3)28/h6-7,11-15,22,26H,8-10H2,1-5H3,(H,25,29)/t22-/m1/s1. The quantitative estimate of drug-likeness (QED) is 0.560. The number of sulfonamides is 1. The molecule has 0 saturated carbocycles. The largest absolute Gasteiger partial charge is 0.497 e. The summed E-state index contributed by atoms with van der Waals surface area (Å²) >= 11 is 0. The van der Waals surface area contributed by atoms with Crippen LogP contribution in [0.5, 0.6) is 11.5 Å². The highest BCUT2D eigenvalue weighted by Crippen LogP contribution is 2.30. The van der Waals surface area contributed by atoms with Gasteiger partial charge < -0.3 is 19.7 Å². The minimum Gasteiger partial charge on any atom is -0.497 e. The zero-order valence-corrected chi connectivity index (χ0v) is 20.9. The van der Waals surface area contributed by atoms with Crippen LogP contribution in [0.1, 0.15) is 32.8 Å². The lowest BCUT2D eigenvalue weighted by Crippen LogP contribution is -2.44. The molecule has 0 aromatic heterocycles. The van der Waals surface area contributed by atoms with Crippen molar-refractivity contribution in [1.29, 1.82) is 0 Å². The second-order valence-electron chi connectivity index (χ2n) is 8.61. The summed E-state index contributed by atoms with van der Waals surface area (Å²) in [5.74, 6) is 0.469. The second kappa shape index (κ2) is 10.4. The third kappa shape index (κ3) is 5.87. The van der Waals surface area contributed by atoms with Gasteiger partial charge in [0.05, 0.1) is 19.1 Å². The number of benzene rings is 2. The van der Waals surface area contributed by atoms with Crippen LogP contribution in [-0.2, 0) is 26.0 Å². The van der Waals surface area contributed by atoms with Crippen molar-refractivity contribution in [2.24, 2.45) is 5.92 Å². The number of amides is 2. The lowest BCUT2D eigenvalue weighted by molar-refractivity contribution is -0.118. The Hall–Kier alpha value is -3.11. The molecule has 0 fully saturated rings. The number of carbonyl (C=O) groups is 2. The number of rotatable bonds is 9. The molecule has 1 atom stereocenters. The third-order valence-corrected chi connectivity index (χ3v) is 7.05. The summed E-state index contributed by atoms with van der Waals surface area (Å²) in [6, 6.07) is 8.59. The molecule has 184 valence electrons. The summed E-state index contributed by atoms with van der Waals surface area (Å²) in [6.07, 6.45) is 0.876. The van der Waals surface area contributed by atoms with Crippen molar-refractivity contribution in [3.05, 3.63) is 42.0 Å². The van der Waals surface area contributed by atoms with Crippen LogP contribution in [0, 0.1) is 5.92 Å². The van der Waals surface area contributed by atoms with E-state index in [0.717, 1.165) is 11.3 Å². The van der Waals surface area contributed by atoms with Crippen LogP contribution >= 0.6 is 0 Å². The highest BCUT2D eigenvalue weighted by molar-refractivity contribution is 7.89. The Labute approximate surface area is 200 Å². The van der Waals surface area contributed by atoms with Crippen molar-refractivity contribution in [2.45, 2.75) is 44.6 Å². The highest BCUT2D eigenvalue weighted by Gasteiger charge is 2.29. The van der Waals surface area contributed by atoms with Gasteiger partial charge in [-0.2, -0.15) is 4.72 Å². The molecule has 3 rings (SSSR count). The van der Waals surface area contributed by atoms with E-state index in [1.54, 1.807) is 35.2 Å². The molecule has 2 amide bonds. The molecule has 0 bridgehead atoms. The fourth-order valence-electron chi connectivity index (χ4n) is 3.92. The van der Waals surface area contributed by atoms with Gasteiger partial charge in [-0.25, -0.2) is 8.42 Å². The summed E-state index contributed by atoms with van der Waals surface area (Å²) in [6.45, 7) is 5.82. The molecule has 0 unspecified atom stereocenters. The van der Waals surface area contributed by atoms with Crippen LogP contribution < -0.4 is 24.4 Å². The minimum atomic E-state index is -3.99. The second-order valence-corrected chi connectivity index (χ2v) is 10.3. The van der Waals surface area contributed by atoms with Gasteiger partial charge in [-0.1, -0.05) is 13.8 Å². The van der Waals surface area contributed by atoms with E-state index in [1.165, 1.54) is 27.2 Å². The fraction of sp³-hybridized carbons (Fsp3) is 0.417. The number of hydrogen-bond acceptors (Lipinski definition) is 6. The predicted octanol–water partition coefficient (Wildman–Crippen LogP) is 2.94. The van der Waals surface area contributed by atoms with Crippen LogP contribution in [0.25, 0.3) is 0 Å². The van der Waals surface area contributed by atoms with Gasteiger partial charge in [0.15, 0.2) is 0 Å². The van der Waals surface area contributed by atoms with E-state index < -0.39 is 22.0 Å². The lowest BCUT2D eigenvalue weighted by atomic mass is 10.0. The van der Waals surface area contributed by atoms with Gasteiger partial charge in [0.1, 0.15) is 17.5 Å². The maximum absolute atomic E-state index is 13.2. The molecular formula is C24H31N3O6S. The van der Waals surface area contributed by atoms with Gasteiger partial charge in [-0.3, -0.25) is 9.59 Å². The summed E-state index contributed by atoms with van der Waals surface area (Å²) in [7, 11) is -0.986. The Morgan fingerprint density at radius 2 is 1.71 bits per heavy atom. The topological polar surface area (TPSA) is 114 Å². The molecule has 1 aliphatic rings. The fourth-order valence-corrected chi connectivity index (χ4v) is 5.18. The maximum Gasteiger partial charge on any atom is 0.242 e. The molecule has 1 aliphatic heterocycles. The molecule has 0 spiro atoms. The first-order valence-corrected chi connectivity index (χ1v) is 12.5. The molecule has 0 saturated heterocycles. The van der Waals surface area contributed by atoms with E-state index in [1.807, 2.05) is 13.8 Å². The molecule has 34 heavy (non-hydrogen) atoms. The molecule has 1 heterocycles. The van der Waals surface area contributed by atoms with Gasteiger partial charge in [-0.15, -0.1) is 0 Å². The van der Waals surface area contributed by atoms with Crippen LogP contribution in [0.15, 0.2) is 41.3 Å². The van der Waals surface area contributed by atoms with Crippen molar-refractivity contribution < 1.29 is 27.5 Å². The van der Waals surface area contributed by atoms with Crippen LogP contribution in [0.2, 0.25) is 0 Å². The molecule has 9 nitrogen and oxygen atoms in total. The van der Waals surface area contributed by atoms with Crippen LogP contribution in [-0.4, -0.2) is 47.0 Å². The van der Waals surface area contributed by atoms with Crippen molar-refractivity contribution in [1.82, 2.24) is 4.72 Å². The van der Waals surface area contributed by atoms with Gasteiger partial charge in [0.25, 0.3) is 0 Å². The van der Waals surface area contributed by atoms with E-state index >= 15 is 0 Å². The molecular weight excluding hydrogens is 458 g/mol. The Morgan fingerprint density at radius 3 is 2.26 bits per heavy atom. The van der Waals surface area contributed by atoms with Gasteiger partial charge in [0.2, 0.25) is 21.8 Å². The number of ether oxygens (including phenoxy) is 2. The normalized spacial score (nSPS) is 14.0. The monoisotopic (exact) mass is 489 g/mol. The van der Waals surface area contributed by atoms with Crippen molar-refractivity contribution in [3.63, 3.8) is 0 Å². The van der Waals surface area contributed by atoms with Crippen molar-refractivity contribution in [2.75, 3.05) is 31.0 Å². The van der Waals surface area contributed by atoms with Gasteiger partial charge in [-0.05, 0) is 42.5 Å². The molecule has 2 aromatic carbocycles. The molecule has 2 aromatic rings. The highest BCUT2D eigenvalue weighted by atomic mass is 32.2. The zero-order chi connectivity index (χ0) is 25.0. The zero-order valence-electron chi connectivity index (χ0n) is 20.0. The first-order valence-electron chi connectivity index (χ1n) is 11.0. The molecule has 2 N–H and O–H groups in total. The maximum atomic E-state index is 13.2. The summed E-state index contributed by atoms with van der Waals surface area (Å²) in [5, 5.41) is 2.76. The van der Waals surface area contributed by atoms with Crippen LogP contribution in [0.3, 0.4) is 0 Å². The van der Waals surface area contributed by atoms with E-state index in [2.05, 4.69) is 10.0 Å².